The molecule has 1 atom stereocenters. The number of nitrogens with one attached hydrogen (secondary N) is 1. The fraction of sp³-hybridized carbons (Fsp3) is 0.200. The van der Waals surface area contributed by atoms with Crippen molar-refractivity contribution in [1.82, 2.24) is 0 Å². The summed E-state index contributed by atoms with van der Waals surface area (Å²) in [6.07, 6.45) is -2.40. The molecular weight excluding hydrogens is 304 g/mol. The number of benzene rings is 1. The van der Waals surface area contributed by atoms with Crippen LogP contribution in [0.25, 0.3) is 0 Å². The van der Waals surface area contributed by atoms with Crippen LogP contribution in [-0.4, -0.2) is 28.2 Å². The summed E-state index contributed by atoms with van der Waals surface area (Å²) < 4.78 is 0. The monoisotopic (exact) mass is 311 g/mol. The summed E-state index contributed by atoms with van der Waals surface area (Å²) in [5.41, 5.74) is 0.0668. The maximum Gasteiger partial charge on any atom is 0.306 e. The lowest BCUT2D eigenvalue weighted by atomic mass is 10.2. The average Bonchev–Trinajstić information content (AvgIpc) is 2.21. The highest BCUT2D eigenvalue weighted by Gasteiger charge is 2.20. The molecule has 0 aliphatic heterocycles. The third-order valence-electron chi connectivity index (χ3n) is 1.93. The standard InChI is InChI=1S/C10H8Cl3NO4/c11-4-1-5(12)9(6(13)2-4)14-10(18)7(15)3-8(16)17/h1-2,7,15H,3H2,(H,14,18)(H,16,17). The molecule has 3 N–H and O–H groups in total. The number of carbonyl (C=O) groups is 2. The number of carboxylic acid groups (broad SMARTS) is 1. The largest absolute Gasteiger partial charge is 0.481 e. The molecule has 18 heavy (non-hydrogen) atoms. The van der Waals surface area contributed by atoms with Crippen molar-refractivity contribution in [3.8, 4) is 0 Å². The van der Waals surface area contributed by atoms with Crippen LogP contribution >= 0.6 is 34.8 Å². The van der Waals surface area contributed by atoms with Crippen molar-refractivity contribution in [2.24, 2.45) is 0 Å². The van der Waals surface area contributed by atoms with Crippen LogP contribution in [0.5, 0.6) is 0 Å². The van der Waals surface area contributed by atoms with E-state index in [0.29, 0.717) is 0 Å². The Hall–Kier alpha value is -1.01. The molecule has 1 rings (SSSR count). The van der Waals surface area contributed by atoms with Crippen LogP contribution in [-0.2, 0) is 9.59 Å². The highest BCUT2D eigenvalue weighted by molar-refractivity contribution is 6.42. The normalized spacial score (nSPS) is 12.0. The molecule has 0 saturated heterocycles. The van der Waals surface area contributed by atoms with Crippen molar-refractivity contribution in [2.45, 2.75) is 12.5 Å². The van der Waals surface area contributed by atoms with Crippen molar-refractivity contribution in [3.63, 3.8) is 0 Å². The molecule has 0 radical (unpaired) electrons. The predicted octanol–water partition coefficient (Wildman–Crippen LogP) is 2.42. The first-order valence-electron chi connectivity index (χ1n) is 4.66. The van der Waals surface area contributed by atoms with Gasteiger partial charge in [0.2, 0.25) is 0 Å². The number of hydrogen-bond donors (Lipinski definition) is 3. The van der Waals surface area contributed by atoms with Crippen molar-refractivity contribution >= 4 is 52.4 Å². The number of hydrogen-bond acceptors (Lipinski definition) is 3. The van der Waals surface area contributed by atoms with Gasteiger partial charge in [-0.25, -0.2) is 0 Å². The van der Waals surface area contributed by atoms with Crippen molar-refractivity contribution < 1.29 is 19.8 Å². The zero-order chi connectivity index (χ0) is 13.9. The Morgan fingerprint density at radius 3 is 2.17 bits per heavy atom. The van der Waals surface area contributed by atoms with E-state index >= 15 is 0 Å². The number of aliphatic hydroxyl groups excluding tert-OH is 1. The number of rotatable bonds is 4. The van der Waals surface area contributed by atoms with Gasteiger partial charge in [-0.3, -0.25) is 9.59 Å². The second-order valence-electron chi connectivity index (χ2n) is 3.35. The van der Waals surface area contributed by atoms with Gasteiger partial charge in [0, 0.05) is 5.02 Å². The number of amides is 1. The maximum atomic E-state index is 11.5. The summed E-state index contributed by atoms with van der Waals surface area (Å²) in [5, 5.41) is 20.4. The van der Waals surface area contributed by atoms with E-state index in [2.05, 4.69) is 5.32 Å². The second kappa shape index (κ2) is 6.24. The summed E-state index contributed by atoms with van der Waals surface area (Å²) in [4.78, 5) is 21.8. The third kappa shape index (κ3) is 4.03. The minimum atomic E-state index is -1.69. The van der Waals surface area contributed by atoms with Crippen LogP contribution in [0.2, 0.25) is 15.1 Å². The van der Waals surface area contributed by atoms with E-state index < -0.39 is 24.4 Å². The highest BCUT2D eigenvalue weighted by Crippen LogP contribution is 2.33. The van der Waals surface area contributed by atoms with Crippen LogP contribution in [0.15, 0.2) is 12.1 Å². The maximum absolute atomic E-state index is 11.5. The number of carboxylic acids is 1. The van der Waals surface area contributed by atoms with E-state index in [-0.39, 0.29) is 20.8 Å². The summed E-state index contributed by atoms with van der Waals surface area (Å²) in [7, 11) is 0. The molecular formula is C10H8Cl3NO4. The SMILES string of the molecule is O=C(O)CC(O)C(=O)Nc1c(Cl)cc(Cl)cc1Cl. The van der Waals surface area contributed by atoms with Gasteiger partial charge in [0.25, 0.3) is 5.91 Å². The Labute approximate surface area is 117 Å². The van der Waals surface area contributed by atoms with Crippen LogP contribution in [0.1, 0.15) is 6.42 Å². The first-order chi connectivity index (χ1) is 8.31. The van der Waals surface area contributed by atoms with Gasteiger partial charge in [0.15, 0.2) is 0 Å². The molecule has 0 fully saturated rings. The summed E-state index contributed by atoms with van der Waals surface area (Å²) >= 11 is 17.3. The van der Waals surface area contributed by atoms with Gasteiger partial charge < -0.3 is 15.5 Å². The van der Waals surface area contributed by atoms with Gasteiger partial charge >= 0.3 is 5.97 Å². The second-order valence-corrected chi connectivity index (χ2v) is 4.60. The molecule has 8 heteroatoms. The quantitative estimate of drug-likeness (QED) is 0.797. The van der Waals surface area contributed by atoms with Crippen LogP contribution in [0.3, 0.4) is 0 Å². The topological polar surface area (TPSA) is 86.6 Å². The summed E-state index contributed by atoms with van der Waals surface area (Å²) in [6, 6.07) is 2.71. The molecule has 0 aliphatic rings. The average molecular weight is 313 g/mol. The molecule has 98 valence electrons. The van der Waals surface area contributed by atoms with Crippen LogP contribution < -0.4 is 5.32 Å². The minimum absolute atomic E-state index is 0.0668. The zero-order valence-electron chi connectivity index (χ0n) is 8.78. The molecule has 1 aromatic rings. The lowest BCUT2D eigenvalue weighted by Crippen LogP contribution is -2.30. The van der Waals surface area contributed by atoms with Gasteiger partial charge in [0.05, 0.1) is 22.2 Å². The highest BCUT2D eigenvalue weighted by atomic mass is 35.5. The molecule has 0 spiro atoms. The smallest absolute Gasteiger partial charge is 0.306 e. The van der Waals surface area contributed by atoms with Gasteiger partial charge in [0.1, 0.15) is 6.10 Å². The first-order valence-corrected chi connectivity index (χ1v) is 5.80. The van der Waals surface area contributed by atoms with Gasteiger partial charge in [-0.1, -0.05) is 34.8 Å². The van der Waals surface area contributed by atoms with Crippen molar-refractivity contribution in [1.29, 1.82) is 0 Å². The first kappa shape index (κ1) is 15.0. The third-order valence-corrected chi connectivity index (χ3v) is 2.74. The van der Waals surface area contributed by atoms with Gasteiger partial charge in [-0.2, -0.15) is 0 Å². The predicted molar refractivity (Wildman–Crippen MR) is 68.4 cm³/mol. The number of aliphatic carboxylic acids is 1. The number of anilines is 1. The number of halogens is 3. The Morgan fingerprint density at radius 2 is 1.72 bits per heavy atom. The molecule has 0 aliphatic carbocycles. The van der Waals surface area contributed by atoms with Crippen LogP contribution in [0, 0.1) is 0 Å². The summed E-state index contributed by atoms with van der Waals surface area (Å²) in [5.74, 6) is -2.21. The zero-order valence-corrected chi connectivity index (χ0v) is 11.1. The van der Waals surface area contributed by atoms with E-state index in [4.69, 9.17) is 39.9 Å². The van der Waals surface area contributed by atoms with E-state index in [0.717, 1.165) is 0 Å². The summed E-state index contributed by atoms with van der Waals surface area (Å²) in [6.45, 7) is 0. The molecule has 1 aromatic carbocycles. The molecule has 1 amide bonds. The van der Waals surface area contributed by atoms with E-state index in [9.17, 15) is 14.7 Å². The lowest BCUT2D eigenvalue weighted by Gasteiger charge is -2.12. The Kier molecular flexibility index (Phi) is 5.22. The fourth-order valence-corrected chi connectivity index (χ4v) is 2.04. The molecule has 0 heterocycles. The minimum Gasteiger partial charge on any atom is -0.481 e. The Bertz CT molecular complexity index is 469. The number of carbonyl (C=O) groups excluding carboxylic acids is 1. The lowest BCUT2D eigenvalue weighted by molar-refractivity contribution is -0.142. The van der Waals surface area contributed by atoms with Crippen molar-refractivity contribution in [2.75, 3.05) is 5.32 Å². The molecule has 0 bridgehead atoms. The molecule has 1 unspecified atom stereocenters. The van der Waals surface area contributed by atoms with E-state index in [1.54, 1.807) is 0 Å². The van der Waals surface area contributed by atoms with Crippen molar-refractivity contribution in [3.05, 3.63) is 27.2 Å². The molecule has 0 saturated carbocycles. The van der Waals surface area contributed by atoms with E-state index in [1.165, 1.54) is 12.1 Å². The Morgan fingerprint density at radius 1 is 1.22 bits per heavy atom. The van der Waals surface area contributed by atoms with Crippen LogP contribution in [0.4, 0.5) is 5.69 Å². The molecule has 0 aromatic heterocycles. The molecule has 5 nitrogen and oxygen atoms in total. The van der Waals surface area contributed by atoms with Gasteiger partial charge in [-0.05, 0) is 12.1 Å². The fourth-order valence-electron chi connectivity index (χ4n) is 1.13. The Balaban J connectivity index is 2.85. The van der Waals surface area contributed by atoms with Gasteiger partial charge in [-0.15, -0.1) is 0 Å². The number of aliphatic hydroxyl groups is 1. The van der Waals surface area contributed by atoms with E-state index in [1.807, 2.05) is 0 Å².